The predicted octanol–water partition coefficient (Wildman–Crippen LogP) is 3.89. The predicted molar refractivity (Wildman–Crippen MR) is 82.3 cm³/mol. The van der Waals surface area contributed by atoms with Crippen LogP contribution < -0.4 is 4.90 Å². The number of carbonyl (C=O) groups excluding carboxylic acids is 1. The molecule has 0 aromatic heterocycles. The van der Waals surface area contributed by atoms with Crippen molar-refractivity contribution in [2.24, 2.45) is 0 Å². The molecule has 0 N–H and O–H groups in total. The van der Waals surface area contributed by atoms with E-state index < -0.39 is 0 Å². The fraction of sp³-hybridized carbons (Fsp3) is 0.278. The van der Waals surface area contributed by atoms with E-state index in [1.807, 2.05) is 55.1 Å². The van der Waals surface area contributed by atoms with Gasteiger partial charge in [0.25, 0.3) is 5.91 Å². The summed E-state index contributed by atoms with van der Waals surface area (Å²) in [5.74, 6) is 0.114. The standard InChI is InChI=1S/C18H19NO/c1-12-7-6-9-16(14(12)3)18(20)19-13(2)11-15-8-4-5-10-17(15)19/h4-10,13H,11H2,1-3H3. The van der Waals surface area contributed by atoms with Gasteiger partial charge in [-0.1, -0.05) is 30.3 Å². The quantitative estimate of drug-likeness (QED) is 0.766. The summed E-state index contributed by atoms with van der Waals surface area (Å²) in [6.45, 7) is 6.19. The molecule has 102 valence electrons. The summed E-state index contributed by atoms with van der Waals surface area (Å²) in [7, 11) is 0. The third-order valence-corrected chi connectivity index (χ3v) is 4.26. The van der Waals surface area contributed by atoms with Crippen LogP contribution in [0.3, 0.4) is 0 Å². The van der Waals surface area contributed by atoms with Gasteiger partial charge < -0.3 is 4.90 Å². The monoisotopic (exact) mass is 265 g/mol. The fourth-order valence-corrected chi connectivity index (χ4v) is 2.99. The number of hydrogen-bond donors (Lipinski definition) is 0. The molecule has 0 spiro atoms. The highest BCUT2D eigenvalue weighted by atomic mass is 16.2. The maximum absolute atomic E-state index is 12.9. The topological polar surface area (TPSA) is 20.3 Å². The Labute approximate surface area is 120 Å². The van der Waals surface area contributed by atoms with Gasteiger partial charge in [0.2, 0.25) is 0 Å². The van der Waals surface area contributed by atoms with Gasteiger partial charge in [0.05, 0.1) is 0 Å². The number of fused-ring (bicyclic) bond motifs is 1. The van der Waals surface area contributed by atoms with E-state index in [9.17, 15) is 4.79 Å². The molecule has 1 heterocycles. The van der Waals surface area contributed by atoms with Gasteiger partial charge in [0.1, 0.15) is 0 Å². The van der Waals surface area contributed by atoms with Crippen LogP contribution in [0.2, 0.25) is 0 Å². The molecule has 0 saturated heterocycles. The lowest BCUT2D eigenvalue weighted by Gasteiger charge is -2.24. The van der Waals surface area contributed by atoms with Crippen LogP contribution in [0.4, 0.5) is 5.69 Å². The molecule has 1 amide bonds. The first-order valence-electron chi connectivity index (χ1n) is 7.07. The van der Waals surface area contributed by atoms with Crippen LogP contribution in [0.1, 0.15) is 34.0 Å². The smallest absolute Gasteiger partial charge is 0.258 e. The van der Waals surface area contributed by atoms with Gasteiger partial charge in [-0.15, -0.1) is 0 Å². The molecule has 2 aromatic carbocycles. The minimum atomic E-state index is 0.114. The maximum Gasteiger partial charge on any atom is 0.258 e. The number of amides is 1. The number of anilines is 1. The van der Waals surface area contributed by atoms with Crippen molar-refractivity contribution >= 4 is 11.6 Å². The summed E-state index contributed by atoms with van der Waals surface area (Å²) in [6, 6.07) is 14.4. The third-order valence-electron chi connectivity index (χ3n) is 4.26. The van der Waals surface area contributed by atoms with Gasteiger partial charge >= 0.3 is 0 Å². The van der Waals surface area contributed by atoms with Gasteiger partial charge in [0, 0.05) is 17.3 Å². The van der Waals surface area contributed by atoms with Crippen molar-refractivity contribution in [2.45, 2.75) is 33.2 Å². The second-order valence-corrected chi connectivity index (χ2v) is 5.60. The van der Waals surface area contributed by atoms with Gasteiger partial charge in [-0.05, 0) is 56.0 Å². The van der Waals surface area contributed by atoms with E-state index in [0.717, 1.165) is 28.8 Å². The second-order valence-electron chi connectivity index (χ2n) is 5.60. The van der Waals surface area contributed by atoms with E-state index in [1.54, 1.807) is 0 Å². The highest BCUT2D eigenvalue weighted by Crippen LogP contribution is 2.33. The van der Waals surface area contributed by atoms with Crippen molar-refractivity contribution < 1.29 is 4.79 Å². The molecule has 3 rings (SSSR count). The lowest BCUT2D eigenvalue weighted by Crippen LogP contribution is -2.36. The largest absolute Gasteiger partial charge is 0.305 e. The Balaban J connectivity index is 2.05. The lowest BCUT2D eigenvalue weighted by atomic mass is 10.0. The Morgan fingerprint density at radius 1 is 1.10 bits per heavy atom. The zero-order valence-corrected chi connectivity index (χ0v) is 12.2. The van der Waals surface area contributed by atoms with E-state index in [4.69, 9.17) is 0 Å². The van der Waals surface area contributed by atoms with Crippen LogP contribution >= 0.6 is 0 Å². The molecule has 1 unspecified atom stereocenters. The van der Waals surface area contributed by atoms with Gasteiger partial charge in [0.15, 0.2) is 0 Å². The van der Waals surface area contributed by atoms with E-state index in [0.29, 0.717) is 0 Å². The maximum atomic E-state index is 12.9. The zero-order valence-electron chi connectivity index (χ0n) is 12.2. The van der Waals surface area contributed by atoms with Crippen LogP contribution in [0, 0.1) is 13.8 Å². The zero-order chi connectivity index (χ0) is 14.3. The average molecular weight is 265 g/mol. The molecule has 1 atom stereocenters. The number of benzene rings is 2. The van der Waals surface area contributed by atoms with Crippen LogP contribution in [0.5, 0.6) is 0 Å². The van der Waals surface area contributed by atoms with Crippen molar-refractivity contribution in [3.63, 3.8) is 0 Å². The molecular formula is C18H19NO. The first-order valence-corrected chi connectivity index (χ1v) is 7.07. The highest BCUT2D eigenvalue weighted by molar-refractivity contribution is 6.08. The third kappa shape index (κ3) is 1.92. The van der Waals surface area contributed by atoms with Crippen molar-refractivity contribution in [1.29, 1.82) is 0 Å². The van der Waals surface area contributed by atoms with E-state index in [-0.39, 0.29) is 11.9 Å². The van der Waals surface area contributed by atoms with Crippen LogP contribution in [0.25, 0.3) is 0 Å². The summed E-state index contributed by atoms with van der Waals surface area (Å²) in [5, 5.41) is 0. The second kappa shape index (κ2) is 4.78. The summed E-state index contributed by atoms with van der Waals surface area (Å²) in [4.78, 5) is 14.9. The minimum Gasteiger partial charge on any atom is -0.305 e. The normalized spacial score (nSPS) is 17.1. The molecule has 2 heteroatoms. The number of para-hydroxylation sites is 1. The SMILES string of the molecule is Cc1cccc(C(=O)N2c3ccccc3CC2C)c1C. The molecule has 2 aromatic rings. The summed E-state index contributed by atoms with van der Waals surface area (Å²) < 4.78 is 0. The number of rotatable bonds is 1. The Morgan fingerprint density at radius 3 is 2.65 bits per heavy atom. The van der Waals surface area contributed by atoms with Gasteiger partial charge in [-0.3, -0.25) is 4.79 Å². The highest BCUT2D eigenvalue weighted by Gasteiger charge is 2.31. The average Bonchev–Trinajstić information content (AvgIpc) is 2.77. The van der Waals surface area contributed by atoms with Crippen molar-refractivity contribution in [2.75, 3.05) is 4.90 Å². The number of hydrogen-bond acceptors (Lipinski definition) is 1. The molecule has 0 radical (unpaired) electrons. The number of aryl methyl sites for hydroxylation is 1. The molecule has 0 fully saturated rings. The lowest BCUT2D eigenvalue weighted by molar-refractivity contribution is 0.0981. The Morgan fingerprint density at radius 2 is 1.85 bits per heavy atom. The Kier molecular flexibility index (Phi) is 3.09. The molecule has 1 aliphatic heterocycles. The van der Waals surface area contributed by atoms with E-state index in [2.05, 4.69) is 13.0 Å². The molecule has 0 saturated carbocycles. The molecule has 1 aliphatic rings. The Hall–Kier alpha value is -2.09. The van der Waals surface area contributed by atoms with E-state index in [1.165, 1.54) is 5.56 Å². The van der Waals surface area contributed by atoms with Crippen molar-refractivity contribution in [3.8, 4) is 0 Å². The summed E-state index contributed by atoms with van der Waals surface area (Å²) in [5.41, 5.74) is 5.38. The van der Waals surface area contributed by atoms with Crippen molar-refractivity contribution in [1.82, 2.24) is 0 Å². The molecule has 20 heavy (non-hydrogen) atoms. The fourth-order valence-electron chi connectivity index (χ4n) is 2.99. The molecular weight excluding hydrogens is 246 g/mol. The van der Waals surface area contributed by atoms with Crippen LogP contribution in [-0.2, 0) is 6.42 Å². The van der Waals surface area contributed by atoms with Crippen LogP contribution in [0.15, 0.2) is 42.5 Å². The van der Waals surface area contributed by atoms with Crippen LogP contribution in [-0.4, -0.2) is 11.9 Å². The van der Waals surface area contributed by atoms with Gasteiger partial charge in [-0.2, -0.15) is 0 Å². The first kappa shape index (κ1) is 12.9. The molecule has 0 aliphatic carbocycles. The Bertz CT molecular complexity index is 675. The molecule has 0 bridgehead atoms. The number of carbonyl (C=O) groups is 1. The molecule has 2 nitrogen and oxygen atoms in total. The van der Waals surface area contributed by atoms with E-state index >= 15 is 0 Å². The first-order chi connectivity index (χ1) is 9.59. The van der Waals surface area contributed by atoms with Crippen molar-refractivity contribution in [3.05, 3.63) is 64.7 Å². The summed E-state index contributed by atoms with van der Waals surface area (Å²) in [6.07, 6.45) is 0.937. The number of nitrogens with zero attached hydrogens (tertiary/aromatic N) is 1. The van der Waals surface area contributed by atoms with Gasteiger partial charge in [-0.25, -0.2) is 0 Å². The summed E-state index contributed by atoms with van der Waals surface area (Å²) >= 11 is 0. The minimum absolute atomic E-state index is 0.114.